The van der Waals surface area contributed by atoms with Crippen LogP contribution in [0, 0.1) is 18.3 Å². The van der Waals surface area contributed by atoms with Crippen molar-refractivity contribution in [2.45, 2.75) is 6.92 Å². The minimum absolute atomic E-state index is 0.133. The Morgan fingerprint density at radius 3 is 2.64 bits per heavy atom. The summed E-state index contributed by atoms with van der Waals surface area (Å²) in [4.78, 5) is 27.4. The zero-order chi connectivity index (χ0) is 25.4. The average molecular weight is 477 g/mol. The molecule has 4 N–H and O–H groups in total. The number of nitrogens with zero attached hydrogens (tertiary/aromatic N) is 3. The first-order chi connectivity index (χ1) is 17.3. The number of fused-ring (bicyclic) bond motifs is 1. The molecule has 36 heavy (non-hydrogen) atoms. The Bertz CT molecular complexity index is 1710. The number of carbonyl (C=O) groups excluding carboxylic acids is 1. The van der Waals surface area contributed by atoms with E-state index in [0.29, 0.717) is 33.7 Å². The standard InChI is InChI=1S/C27H19N5O4/c1-15-9-20(36-19-4-2-3-16(10-19)13-28)6-8-24(15)32-26(29)21(14-30-32)25(33)23-12-18-11-17(27(34)35)5-7-22(18)31-23/h2-12,14,31H,29H2,1H3,(H,34,35). The van der Waals surface area contributed by atoms with Crippen LogP contribution < -0.4 is 10.5 Å². The van der Waals surface area contributed by atoms with Crippen LogP contribution >= 0.6 is 0 Å². The minimum atomic E-state index is -1.04. The van der Waals surface area contributed by atoms with Gasteiger partial charge in [0.2, 0.25) is 5.78 Å². The third kappa shape index (κ3) is 4.03. The molecule has 0 aliphatic carbocycles. The van der Waals surface area contributed by atoms with Crippen LogP contribution in [0.5, 0.6) is 11.5 Å². The Hall–Kier alpha value is -5.36. The van der Waals surface area contributed by atoms with E-state index in [9.17, 15) is 14.7 Å². The molecule has 9 nitrogen and oxygen atoms in total. The van der Waals surface area contributed by atoms with Gasteiger partial charge in [-0.1, -0.05) is 6.07 Å². The number of nitrogens with one attached hydrogen (secondary N) is 1. The Morgan fingerprint density at radius 1 is 1.08 bits per heavy atom. The van der Waals surface area contributed by atoms with Crippen LogP contribution in [-0.2, 0) is 0 Å². The normalized spacial score (nSPS) is 10.8. The molecule has 0 saturated heterocycles. The number of anilines is 1. The number of H-pyrrole nitrogens is 1. The smallest absolute Gasteiger partial charge is 0.335 e. The minimum Gasteiger partial charge on any atom is -0.478 e. The number of aromatic nitrogens is 3. The van der Waals surface area contributed by atoms with Crippen molar-refractivity contribution >= 4 is 28.5 Å². The van der Waals surface area contributed by atoms with Crippen molar-refractivity contribution in [3.63, 3.8) is 0 Å². The summed E-state index contributed by atoms with van der Waals surface area (Å²) < 4.78 is 7.35. The van der Waals surface area contributed by atoms with Crippen molar-refractivity contribution in [2.24, 2.45) is 0 Å². The second-order valence-corrected chi connectivity index (χ2v) is 8.16. The van der Waals surface area contributed by atoms with E-state index in [1.807, 2.05) is 13.0 Å². The van der Waals surface area contributed by atoms with Gasteiger partial charge in [0.05, 0.1) is 40.3 Å². The van der Waals surface area contributed by atoms with Crippen molar-refractivity contribution in [3.05, 3.63) is 101 Å². The summed E-state index contributed by atoms with van der Waals surface area (Å²) >= 11 is 0. The van der Waals surface area contributed by atoms with E-state index in [0.717, 1.165) is 5.56 Å². The topological polar surface area (TPSA) is 147 Å². The molecule has 0 amide bonds. The number of nitriles is 1. The molecular formula is C27H19N5O4. The summed E-state index contributed by atoms with van der Waals surface area (Å²) in [5.74, 6) is -0.113. The van der Waals surface area contributed by atoms with E-state index in [4.69, 9.17) is 15.7 Å². The average Bonchev–Trinajstić information content (AvgIpc) is 3.47. The van der Waals surface area contributed by atoms with Crippen LogP contribution in [0.15, 0.2) is 72.9 Å². The number of aryl methyl sites for hydroxylation is 1. The predicted molar refractivity (Wildman–Crippen MR) is 133 cm³/mol. The number of ketones is 1. The van der Waals surface area contributed by atoms with Crippen LogP contribution in [0.2, 0.25) is 0 Å². The Labute approximate surface area is 205 Å². The van der Waals surface area contributed by atoms with Crippen LogP contribution in [-0.4, -0.2) is 31.6 Å². The summed E-state index contributed by atoms with van der Waals surface area (Å²) in [6.07, 6.45) is 1.41. The van der Waals surface area contributed by atoms with Crippen LogP contribution in [0.4, 0.5) is 5.82 Å². The van der Waals surface area contributed by atoms with Crippen molar-refractivity contribution < 1.29 is 19.4 Å². The van der Waals surface area contributed by atoms with Gasteiger partial charge in [0.15, 0.2) is 0 Å². The highest BCUT2D eigenvalue weighted by molar-refractivity contribution is 6.12. The maximum absolute atomic E-state index is 13.2. The number of carboxylic acids is 1. The Kier molecular flexibility index (Phi) is 5.47. The molecule has 0 aliphatic rings. The van der Waals surface area contributed by atoms with E-state index in [-0.39, 0.29) is 28.4 Å². The third-order valence-corrected chi connectivity index (χ3v) is 5.76. The second-order valence-electron chi connectivity index (χ2n) is 8.16. The highest BCUT2D eigenvalue weighted by atomic mass is 16.5. The first kappa shape index (κ1) is 22.4. The molecule has 2 aromatic heterocycles. The predicted octanol–water partition coefficient (Wildman–Crippen LogP) is 4.84. The Balaban J connectivity index is 1.42. The first-order valence-electron chi connectivity index (χ1n) is 10.9. The molecule has 0 spiro atoms. The van der Waals surface area contributed by atoms with E-state index in [1.165, 1.54) is 23.0 Å². The number of carbonyl (C=O) groups is 2. The number of rotatable bonds is 6. The SMILES string of the molecule is Cc1cc(Oc2cccc(C#N)c2)ccc1-n1ncc(C(=O)c2cc3cc(C(=O)O)ccc3[nH]2)c1N. The molecule has 0 bridgehead atoms. The van der Waals surface area contributed by atoms with Crippen LogP contribution in [0.1, 0.15) is 37.5 Å². The summed E-state index contributed by atoms with van der Waals surface area (Å²) in [6.45, 7) is 1.87. The van der Waals surface area contributed by atoms with E-state index < -0.39 is 5.97 Å². The molecule has 0 unspecified atom stereocenters. The van der Waals surface area contributed by atoms with Gasteiger partial charge in [0.25, 0.3) is 0 Å². The van der Waals surface area contributed by atoms with Gasteiger partial charge in [-0.25, -0.2) is 9.48 Å². The zero-order valence-electron chi connectivity index (χ0n) is 19.0. The van der Waals surface area contributed by atoms with Gasteiger partial charge in [-0.05, 0) is 73.2 Å². The van der Waals surface area contributed by atoms with Gasteiger partial charge >= 0.3 is 5.97 Å². The number of hydrogen-bond donors (Lipinski definition) is 3. The number of ether oxygens (including phenoxy) is 1. The number of carboxylic acid groups (broad SMARTS) is 1. The number of benzene rings is 3. The Morgan fingerprint density at radius 2 is 1.89 bits per heavy atom. The molecule has 0 aliphatic heterocycles. The van der Waals surface area contributed by atoms with Gasteiger partial charge in [0.1, 0.15) is 17.3 Å². The van der Waals surface area contributed by atoms with E-state index in [1.54, 1.807) is 48.5 Å². The molecule has 3 aromatic carbocycles. The van der Waals surface area contributed by atoms with Crippen LogP contribution in [0.25, 0.3) is 16.6 Å². The highest BCUT2D eigenvalue weighted by Crippen LogP contribution is 2.28. The molecule has 2 heterocycles. The number of nitrogen functional groups attached to an aromatic ring is 1. The molecule has 9 heteroatoms. The lowest BCUT2D eigenvalue weighted by Gasteiger charge is -2.11. The summed E-state index contributed by atoms with van der Waals surface area (Å²) in [7, 11) is 0. The summed E-state index contributed by atoms with van der Waals surface area (Å²) in [5, 5.41) is 23.2. The van der Waals surface area contributed by atoms with Crippen LogP contribution in [0.3, 0.4) is 0 Å². The van der Waals surface area contributed by atoms with Crippen molar-refractivity contribution in [1.29, 1.82) is 5.26 Å². The van der Waals surface area contributed by atoms with Gasteiger partial charge in [-0.2, -0.15) is 10.4 Å². The van der Waals surface area contributed by atoms with Gasteiger partial charge in [-0.15, -0.1) is 0 Å². The third-order valence-electron chi connectivity index (χ3n) is 5.76. The number of aromatic carboxylic acids is 1. The van der Waals surface area contributed by atoms with Crippen molar-refractivity contribution in [1.82, 2.24) is 14.8 Å². The lowest BCUT2D eigenvalue weighted by Crippen LogP contribution is -2.08. The summed E-state index contributed by atoms with van der Waals surface area (Å²) in [6, 6.07) is 20.5. The molecular weight excluding hydrogens is 458 g/mol. The molecule has 0 atom stereocenters. The maximum Gasteiger partial charge on any atom is 0.335 e. The monoisotopic (exact) mass is 477 g/mol. The molecule has 5 rings (SSSR count). The lowest BCUT2D eigenvalue weighted by atomic mass is 10.1. The molecule has 0 radical (unpaired) electrons. The van der Waals surface area contributed by atoms with E-state index in [2.05, 4.69) is 16.2 Å². The van der Waals surface area contributed by atoms with Gasteiger partial charge < -0.3 is 20.6 Å². The lowest BCUT2D eigenvalue weighted by molar-refractivity contribution is 0.0697. The molecule has 5 aromatic rings. The maximum atomic E-state index is 13.2. The highest BCUT2D eigenvalue weighted by Gasteiger charge is 2.21. The summed E-state index contributed by atoms with van der Waals surface area (Å²) in [5.41, 5.74) is 9.57. The van der Waals surface area contributed by atoms with Gasteiger partial charge in [-0.3, -0.25) is 4.79 Å². The van der Waals surface area contributed by atoms with E-state index >= 15 is 0 Å². The van der Waals surface area contributed by atoms with Crippen molar-refractivity contribution in [2.75, 3.05) is 5.73 Å². The fourth-order valence-corrected chi connectivity index (χ4v) is 3.95. The zero-order valence-corrected chi connectivity index (χ0v) is 19.0. The molecule has 176 valence electrons. The first-order valence-corrected chi connectivity index (χ1v) is 10.9. The number of nitrogens with two attached hydrogens (primary N) is 1. The fraction of sp³-hybridized carbons (Fsp3) is 0.0370. The number of aromatic amines is 1. The largest absolute Gasteiger partial charge is 0.478 e. The quantitative estimate of drug-likeness (QED) is 0.297. The number of hydrogen-bond acceptors (Lipinski definition) is 6. The van der Waals surface area contributed by atoms with Gasteiger partial charge in [0, 0.05) is 10.9 Å². The molecule has 0 fully saturated rings. The second kappa shape index (κ2) is 8.77. The van der Waals surface area contributed by atoms with Crippen molar-refractivity contribution in [3.8, 4) is 23.3 Å². The fourth-order valence-electron chi connectivity index (χ4n) is 3.95. The molecule has 0 saturated carbocycles.